The highest BCUT2D eigenvalue weighted by atomic mass is 35.5. The minimum atomic E-state index is -0.168. The van der Waals surface area contributed by atoms with Crippen LogP contribution in [0.4, 0.5) is 0 Å². The predicted octanol–water partition coefficient (Wildman–Crippen LogP) is 3.68. The third-order valence-electron chi connectivity index (χ3n) is 9.29. The van der Waals surface area contributed by atoms with Crippen molar-refractivity contribution in [1.82, 2.24) is 5.32 Å². The van der Waals surface area contributed by atoms with Crippen molar-refractivity contribution < 1.29 is 14.8 Å². The Morgan fingerprint density at radius 3 is 2.70 bits per heavy atom. The second-order valence-corrected chi connectivity index (χ2v) is 10.6. The Labute approximate surface area is 186 Å². The van der Waals surface area contributed by atoms with Crippen molar-refractivity contribution in [2.24, 2.45) is 45.4 Å². The average Bonchev–Trinajstić information content (AvgIpc) is 3.01. The lowest BCUT2D eigenvalue weighted by molar-refractivity contribution is -0.134. The number of rotatable bonds is 4. The third kappa shape index (κ3) is 3.68. The largest absolute Gasteiger partial charge is 0.411 e. The zero-order valence-corrected chi connectivity index (χ0v) is 19.2. The molecule has 0 aromatic carbocycles. The van der Waals surface area contributed by atoms with E-state index in [9.17, 15) is 14.8 Å². The Hall–Kier alpha value is -1.14. The molecule has 0 spiro atoms. The smallest absolute Gasteiger partial charge is 0.220 e. The third-order valence-corrected chi connectivity index (χ3v) is 9.29. The molecule has 7 heteroatoms. The van der Waals surface area contributed by atoms with Gasteiger partial charge in [0.1, 0.15) is 5.78 Å². The number of nitrogens with zero attached hydrogens (tertiary/aromatic N) is 1. The van der Waals surface area contributed by atoms with Gasteiger partial charge in [-0.1, -0.05) is 19.0 Å². The van der Waals surface area contributed by atoms with E-state index in [1.807, 2.05) is 0 Å². The zero-order chi connectivity index (χ0) is 20.8. The topological polar surface area (TPSA) is 105 Å². The van der Waals surface area contributed by atoms with Crippen molar-refractivity contribution in [3.05, 3.63) is 0 Å². The first kappa shape index (κ1) is 23.5. The number of ketones is 1. The first-order chi connectivity index (χ1) is 13.8. The molecule has 0 aliphatic heterocycles. The summed E-state index contributed by atoms with van der Waals surface area (Å²) in [6.45, 7) is 5.10. The average molecular weight is 440 g/mol. The normalized spacial score (nSPS) is 43.9. The molecule has 0 aromatic rings. The number of oxime groups is 1. The van der Waals surface area contributed by atoms with Gasteiger partial charge in [-0.15, -0.1) is 12.4 Å². The summed E-state index contributed by atoms with van der Waals surface area (Å²) in [4.78, 5) is 24.8. The molecule has 1 unspecified atom stereocenters. The maximum Gasteiger partial charge on any atom is 0.220 e. The fourth-order valence-electron chi connectivity index (χ4n) is 7.64. The van der Waals surface area contributed by atoms with E-state index in [2.05, 4.69) is 24.3 Å². The van der Waals surface area contributed by atoms with E-state index in [-0.39, 0.29) is 41.1 Å². The van der Waals surface area contributed by atoms with Crippen LogP contribution in [0, 0.1) is 34.5 Å². The molecule has 6 nitrogen and oxygen atoms in total. The Bertz CT molecular complexity index is 714. The van der Waals surface area contributed by atoms with E-state index >= 15 is 0 Å². The van der Waals surface area contributed by atoms with E-state index in [0.29, 0.717) is 49.3 Å². The first-order valence-corrected chi connectivity index (χ1v) is 11.6. The van der Waals surface area contributed by atoms with Crippen molar-refractivity contribution in [2.45, 2.75) is 84.1 Å². The number of nitrogens with one attached hydrogen (secondary N) is 1. The number of nitrogens with two attached hydrogens (primary N) is 1. The molecule has 170 valence electrons. The molecule has 4 N–H and O–H groups in total. The Morgan fingerprint density at radius 1 is 1.23 bits per heavy atom. The molecular formula is C23H38ClN3O3. The standard InChI is InChI=1S/C23H37N3O3.ClH/c1-22-9-7-14(25-21(28)4-3-11-24)12-18(22)19(26-29)13-15-16-5-6-20(27)23(16,2)10-8-17(15)22;/h14-18,29H,3-13,24H2,1-2H3,(H,25,28);1H/b26-19+;/t14-,15-,16-,17-,18?,22+,23-;/m0./s1. The first-order valence-electron chi connectivity index (χ1n) is 11.6. The molecule has 4 aliphatic rings. The van der Waals surface area contributed by atoms with Gasteiger partial charge in [0.15, 0.2) is 0 Å². The van der Waals surface area contributed by atoms with Gasteiger partial charge in [-0.05, 0) is 81.1 Å². The molecule has 0 aromatic heterocycles. The van der Waals surface area contributed by atoms with Gasteiger partial charge >= 0.3 is 0 Å². The second-order valence-electron chi connectivity index (χ2n) is 10.6. The van der Waals surface area contributed by atoms with Gasteiger partial charge in [0, 0.05) is 30.2 Å². The van der Waals surface area contributed by atoms with Gasteiger partial charge in [0.25, 0.3) is 0 Å². The lowest BCUT2D eigenvalue weighted by Crippen LogP contribution is -2.58. The van der Waals surface area contributed by atoms with Gasteiger partial charge < -0.3 is 16.3 Å². The minimum absolute atomic E-state index is 0. The number of carbonyl (C=O) groups excluding carboxylic acids is 2. The number of hydrogen-bond donors (Lipinski definition) is 3. The van der Waals surface area contributed by atoms with Crippen molar-refractivity contribution in [3.63, 3.8) is 0 Å². The maximum atomic E-state index is 12.6. The molecule has 4 rings (SSSR count). The lowest BCUT2D eigenvalue weighted by Gasteiger charge is -2.60. The van der Waals surface area contributed by atoms with E-state index in [1.54, 1.807) is 0 Å². The SMILES string of the molecule is C[C@]12CC[C@H](NC(=O)CCCN)CC1/C(=N/O)C[C@@H]1[C@@H]2CC[C@]2(C)C(=O)CC[C@@H]12.Cl. The molecular weight excluding hydrogens is 402 g/mol. The fraction of sp³-hybridized carbons (Fsp3) is 0.870. The molecule has 4 saturated carbocycles. The van der Waals surface area contributed by atoms with Gasteiger partial charge in [-0.3, -0.25) is 9.59 Å². The molecule has 0 radical (unpaired) electrons. The van der Waals surface area contributed by atoms with Crippen molar-refractivity contribution in [1.29, 1.82) is 0 Å². The molecule has 7 atom stereocenters. The van der Waals surface area contributed by atoms with Crippen molar-refractivity contribution >= 4 is 29.8 Å². The Kier molecular flexibility index (Phi) is 6.88. The molecule has 0 heterocycles. The number of fused-ring (bicyclic) bond motifs is 5. The summed E-state index contributed by atoms with van der Waals surface area (Å²) in [6, 6.07) is 0.147. The van der Waals surface area contributed by atoms with Crippen LogP contribution in [0.15, 0.2) is 5.16 Å². The number of amides is 1. The summed E-state index contributed by atoms with van der Waals surface area (Å²) in [6.07, 6.45) is 8.69. The quantitative estimate of drug-likeness (QED) is 0.459. The van der Waals surface area contributed by atoms with Crippen LogP contribution >= 0.6 is 12.4 Å². The fourth-order valence-corrected chi connectivity index (χ4v) is 7.64. The monoisotopic (exact) mass is 439 g/mol. The van der Waals surface area contributed by atoms with Gasteiger partial charge in [0.05, 0.1) is 5.71 Å². The maximum absolute atomic E-state index is 12.6. The summed E-state index contributed by atoms with van der Waals surface area (Å²) in [7, 11) is 0. The van der Waals surface area contributed by atoms with E-state index < -0.39 is 0 Å². The molecule has 4 fully saturated rings. The van der Waals surface area contributed by atoms with Crippen LogP contribution in [-0.4, -0.2) is 35.2 Å². The van der Waals surface area contributed by atoms with Crippen LogP contribution in [0.1, 0.15) is 78.1 Å². The minimum Gasteiger partial charge on any atom is -0.411 e. The summed E-state index contributed by atoms with van der Waals surface area (Å²) in [5, 5.41) is 16.9. The van der Waals surface area contributed by atoms with E-state index in [1.165, 1.54) is 0 Å². The molecule has 1 amide bonds. The highest BCUT2D eigenvalue weighted by molar-refractivity contribution is 5.90. The molecule has 4 aliphatic carbocycles. The van der Waals surface area contributed by atoms with Gasteiger partial charge in [0.2, 0.25) is 5.91 Å². The van der Waals surface area contributed by atoms with Gasteiger partial charge in [-0.2, -0.15) is 0 Å². The number of hydrogen-bond acceptors (Lipinski definition) is 5. The van der Waals surface area contributed by atoms with Crippen LogP contribution in [-0.2, 0) is 9.59 Å². The molecule has 0 bridgehead atoms. The van der Waals surface area contributed by atoms with Crippen LogP contribution < -0.4 is 11.1 Å². The van der Waals surface area contributed by atoms with E-state index in [4.69, 9.17) is 5.73 Å². The van der Waals surface area contributed by atoms with Crippen LogP contribution in [0.3, 0.4) is 0 Å². The Morgan fingerprint density at radius 2 is 2.00 bits per heavy atom. The van der Waals surface area contributed by atoms with Crippen LogP contribution in [0.5, 0.6) is 0 Å². The summed E-state index contributed by atoms with van der Waals surface area (Å²) >= 11 is 0. The summed E-state index contributed by atoms with van der Waals surface area (Å²) < 4.78 is 0. The molecule has 0 saturated heterocycles. The summed E-state index contributed by atoms with van der Waals surface area (Å²) in [5.41, 5.74) is 6.35. The number of halogens is 1. The second kappa shape index (κ2) is 8.78. The van der Waals surface area contributed by atoms with Crippen LogP contribution in [0.2, 0.25) is 0 Å². The predicted molar refractivity (Wildman–Crippen MR) is 119 cm³/mol. The number of Topliss-reactive ketones (excluding diaryl/α,β-unsaturated/α-hetero) is 1. The highest BCUT2D eigenvalue weighted by Gasteiger charge is 2.61. The highest BCUT2D eigenvalue weighted by Crippen LogP contribution is 2.64. The van der Waals surface area contributed by atoms with Gasteiger partial charge in [-0.25, -0.2) is 0 Å². The Balaban J connectivity index is 0.00000256. The lowest BCUT2D eigenvalue weighted by atomic mass is 9.44. The number of carbonyl (C=O) groups is 2. The van der Waals surface area contributed by atoms with Crippen molar-refractivity contribution in [3.8, 4) is 0 Å². The molecule has 30 heavy (non-hydrogen) atoms. The van der Waals surface area contributed by atoms with Crippen molar-refractivity contribution in [2.75, 3.05) is 6.54 Å². The zero-order valence-electron chi connectivity index (χ0n) is 18.4. The summed E-state index contributed by atoms with van der Waals surface area (Å²) in [5.74, 6) is 2.19. The van der Waals surface area contributed by atoms with Crippen LogP contribution in [0.25, 0.3) is 0 Å². The van der Waals surface area contributed by atoms with E-state index in [0.717, 1.165) is 50.7 Å².